The first kappa shape index (κ1) is 14.6. The molecule has 2 aromatic rings. The van der Waals surface area contributed by atoms with Crippen molar-refractivity contribution in [2.24, 2.45) is 0 Å². The largest absolute Gasteiger partial charge is 0.481 e. The van der Waals surface area contributed by atoms with Crippen molar-refractivity contribution in [2.45, 2.75) is 16.2 Å². The fraction of sp³-hybridized carbons (Fsp3) is 0.0667. The number of carboxylic acids is 1. The van der Waals surface area contributed by atoms with Gasteiger partial charge < -0.3 is 5.11 Å². The topological polar surface area (TPSA) is 61.1 Å². The summed E-state index contributed by atoms with van der Waals surface area (Å²) in [7, 11) is 0. The van der Waals surface area contributed by atoms with Gasteiger partial charge in [-0.05, 0) is 35.9 Å². The van der Waals surface area contributed by atoms with E-state index in [1.54, 1.807) is 18.2 Å². The van der Waals surface area contributed by atoms with Crippen LogP contribution in [0.2, 0.25) is 0 Å². The third kappa shape index (κ3) is 3.86. The number of carboxylic acid groups (broad SMARTS) is 1. The Bertz CT molecular complexity index is 677. The van der Waals surface area contributed by atoms with Crippen LogP contribution in [0, 0.1) is 11.3 Å². The SMILES string of the molecule is N#Cc1ccc(Br)cc1Sc1ccc(CC(=O)O)cc1. The van der Waals surface area contributed by atoms with E-state index in [1.807, 2.05) is 24.3 Å². The van der Waals surface area contributed by atoms with Crippen LogP contribution in [-0.2, 0) is 11.2 Å². The molecule has 2 rings (SSSR count). The first-order valence-electron chi connectivity index (χ1n) is 5.77. The molecule has 0 aromatic heterocycles. The molecule has 0 radical (unpaired) electrons. The van der Waals surface area contributed by atoms with Crippen LogP contribution in [0.5, 0.6) is 0 Å². The molecule has 0 fully saturated rings. The molecule has 0 heterocycles. The van der Waals surface area contributed by atoms with Crippen molar-refractivity contribution in [3.63, 3.8) is 0 Å². The van der Waals surface area contributed by atoms with E-state index < -0.39 is 5.97 Å². The molecule has 5 heteroatoms. The highest BCUT2D eigenvalue weighted by atomic mass is 79.9. The lowest BCUT2D eigenvalue weighted by molar-refractivity contribution is -0.136. The molecule has 0 bridgehead atoms. The van der Waals surface area contributed by atoms with Crippen LogP contribution < -0.4 is 0 Å². The van der Waals surface area contributed by atoms with E-state index in [-0.39, 0.29) is 6.42 Å². The fourth-order valence-electron chi connectivity index (χ4n) is 1.65. The van der Waals surface area contributed by atoms with Gasteiger partial charge >= 0.3 is 5.97 Å². The van der Waals surface area contributed by atoms with Gasteiger partial charge in [-0.25, -0.2) is 0 Å². The summed E-state index contributed by atoms with van der Waals surface area (Å²) in [5, 5.41) is 17.8. The van der Waals surface area contributed by atoms with Gasteiger partial charge in [-0.2, -0.15) is 5.26 Å². The van der Waals surface area contributed by atoms with Crippen LogP contribution in [0.3, 0.4) is 0 Å². The number of nitriles is 1. The lowest BCUT2D eigenvalue weighted by Gasteiger charge is -2.05. The number of hydrogen-bond acceptors (Lipinski definition) is 3. The molecule has 2 aromatic carbocycles. The molecule has 20 heavy (non-hydrogen) atoms. The second-order valence-electron chi connectivity index (χ2n) is 4.07. The first-order valence-corrected chi connectivity index (χ1v) is 7.37. The lowest BCUT2D eigenvalue weighted by atomic mass is 10.2. The Hall–Kier alpha value is -1.77. The maximum absolute atomic E-state index is 10.6. The summed E-state index contributed by atoms with van der Waals surface area (Å²) < 4.78 is 0.918. The average molecular weight is 348 g/mol. The molecule has 100 valence electrons. The molecule has 0 unspecified atom stereocenters. The average Bonchev–Trinajstić information content (AvgIpc) is 2.41. The Balaban J connectivity index is 2.20. The van der Waals surface area contributed by atoms with Gasteiger partial charge in [-0.1, -0.05) is 39.8 Å². The van der Waals surface area contributed by atoms with Crippen molar-refractivity contribution in [1.29, 1.82) is 5.26 Å². The molecule has 3 nitrogen and oxygen atoms in total. The van der Waals surface area contributed by atoms with E-state index in [9.17, 15) is 4.79 Å². The van der Waals surface area contributed by atoms with Gasteiger partial charge in [0, 0.05) is 14.3 Å². The maximum atomic E-state index is 10.6. The van der Waals surface area contributed by atoms with Crippen LogP contribution in [0.1, 0.15) is 11.1 Å². The Morgan fingerprint density at radius 2 is 1.95 bits per heavy atom. The van der Waals surface area contributed by atoms with Crippen molar-refractivity contribution in [1.82, 2.24) is 0 Å². The van der Waals surface area contributed by atoms with Gasteiger partial charge in [-0.15, -0.1) is 0 Å². The van der Waals surface area contributed by atoms with E-state index >= 15 is 0 Å². The van der Waals surface area contributed by atoms with E-state index in [1.165, 1.54) is 11.8 Å². The van der Waals surface area contributed by atoms with Gasteiger partial charge in [0.25, 0.3) is 0 Å². The Kier molecular flexibility index (Phi) is 4.83. The minimum absolute atomic E-state index is 0.0191. The highest BCUT2D eigenvalue weighted by Crippen LogP contribution is 2.32. The summed E-state index contributed by atoms with van der Waals surface area (Å²) in [6, 6.07) is 15.0. The maximum Gasteiger partial charge on any atom is 0.307 e. The van der Waals surface area contributed by atoms with Crippen LogP contribution in [0.4, 0.5) is 0 Å². The second-order valence-corrected chi connectivity index (χ2v) is 6.10. The fourth-order valence-corrected chi connectivity index (χ4v) is 3.10. The van der Waals surface area contributed by atoms with Crippen molar-refractivity contribution < 1.29 is 9.90 Å². The zero-order valence-electron chi connectivity index (χ0n) is 10.3. The highest BCUT2D eigenvalue weighted by Gasteiger charge is 2.06. The predicted molar refractivity (Wildman–Crippen MR) is 80.8 cm³/mol. The van der Waals surface area contributed by atoms with Crippen molar-refractivity contribution in [2.75, 3.05) is 0 Å². The summed E-state index contributed by atoms with van der Waals surface area (Å²) in [5.41, 5.74) is 1.38. The third-order valence-electron chi connectivity index (χ3n) is 2.57. The molecule has 0 saturated heterocycles. The number of halogens is 1. The van der Waals surface area contributed by atoms with Crippen LogP contribution in [0.25, 0.3) is 0 Å². The molecule has 0 saturated carbocycles. The van der Waals surface area contributed by atoms with Crippen molar-refractivity contribution >= 4 is 33.7 Å². The molecule has 0 aliphatic carbocycles. The number of hydrogen-bond donors (Lipinski definition) is 1. The molecule has 0 spiro atoms. The van der Waals surface area contributed by atoms with E-state index in [0.717, 1.165) is 19.8 Å². The number of rotatable bonds is 4. The third-order valence-corrected chi connectivity index (χ3v) is 4.13. The van der Waals surface area contributed by atoms with Gasteiger partial charge in [0.2, 0.25) is 0 Å². The Morgan fingerprint density at radius 3 is 2.55 bits per heavy atom. The number of aliphatic carboxylic acids is 1. The normalized spacial score (nSPS) is 10.0. The molecule has 0 amide bonds. The Labute approximate surface area is 129 Å². The van der Waals surface area contributed by atoms with E-state index in [4.69, 9.17) is 10.4 Å². The van der Waals surface area contributed by atoms with Gasteiger partial charge in [-0.3, -0.25) is 4.79 Å². The lowest BCUT2D eigenvalue weighted by Crippen LogP contribution is -1.99. The van der Waals surface area contributed by atoms with Crippen molar-refractivity contribution in [3.8, 4) is 6.07 Å². The number of carbonyl (C=O) groups is 1. The van der Waals surface area contributed by atoms with Crippen LogP contribution >= 0.6 is 27.7 Å². The zero-order chi connectivity index (χ0) is 14.5. The van der Waals surface area contributed by atoms with Gasteiger partial charge in [0.15, 0.2) is 0 Å². The monoisotopic (exact) mass is 347 g/mol. The Morgan fingerprint density at radius 1 is 1.25 bits per heavy atom. The van der Waals surface area contributed by atoms with Gasteiger partial charge in [0.1, 0.15) is 6.07 Å². The van der Waals surface area contributed by atoms with Crippen LogP contribution in [-0.4, -0.2) is 11.1 Å². The molecular formula is C15H10BrNO2S. The standard InChI is InChI=1S/C15H10BrNO2S/c16-12-4-3-11(9-17)14(8-12)20-13-5-1-10(2-6-13)7-15(18)19/h1-6,8H,7H2,(H,18,19). The van der Waals surface area contributed by atoms with Crippen LogP contribution in [0.15, 0.2) is 56.7 Å². The number of benzene rings is 2. The summed E-state index contributed by atoms with van der Waals surface area (Å²) in [6.07, 6.45) is 0.0191. The minimum atomic E-state index is -0.843. The first-order chi connectivity index (χ1) is 9.58. The van der Waals surface area contributed by atoms with E-state index in [2.05, 4.69) is 22.0 Å². The zero-order valence-corrected chi connectivity index (χ0v) is 12.7. The minimum Gasteiger partial charge on any atom is -0.481 e. The summed E-state index contributed by atoms with van der Waals surface area (Å²) >= 11 is 4.87. The molecular weight excluding hydrogens is 338 g/mol. The summed E-state index contributed by atoms with van der Waals surface area (Å²) in [4.78, 5) is 12.5. The van der Waals surface area contributed by atoms with Gasteiger partial charge in [0.05, 0.1) is 12.0 Å². The molecule has 0 atom stereocenters. The molecule has 0 aliphatic heterocycles. The smallest absolute Gasteiger partial charge is 0.307 e. The number of nitrogens with zero attached hydrogens (tertiary/aromatic N) is 1. The van der Waals surface area contributed by atoms with E-state index in [0.29, 0.717) is 5.56 Å². The highest BCUT2D eigenvalue weighted by molar-refractivity contribution is 9.10. The predicted octanol–water partition coefficient (Wildman–Crippen LogP) is 4.10. The molecule has 0 aliphatic rings. The second kappa shape index (κ2) is 6.60. The van der Waals surface area contributed by atoms with Crippen molar-refractivity contribution in [3.05, 3.63) is 58.1 Å². The summed E-state index contributed by atoms with van der Waals surface area (Å²) in [5.74, 6) is -0.843. The quantitative estimate of drug-likeness (QED) is 0.904. The molecule has 1 N–H and O–H groups in total. The summed E-state index contributed by atoms with van der Waals surface area (Å²) in [6.45, 7) is 0.